The van der Waals surface area contributed by atoms with Crippen molar-refractivity contribution in [2.24, 2.45) is 18.8 Å². The number of rotatable bonds is 3. The Kier molecular flexibility index (Phi) is 1.43. The van der Waals surface area contributed by atoms with Gasteiger partial charge in [-0.05, 0) is 19.7 Å². The summed E-state index contributed by atoms with van der Waals surface area (Å²) in [6, 6.07) is 0. The molecule has 1 aromatic heterocycles. The first kappa shape index (κ1) is 5.34. The first-order chi connectivity index (χ1) is 10.3. The van der Waals surface area contributed by atoms with Crippen molar-refractivity contribution >= 4 is 5.97 Å². The van der Waals surface area contributed by atoms with Gasteiger partial charge in [-0.2, -0.15) is 0 Å². The molecular formula is C12H18N2O2. The summed E-state index contributed by atoms with van der Waals surface area (Å²) in [5.41, 5.74) is 0.0478. The van der Waals surface area contributed by atoms with Crippen LogP contribution in [0, 0.1) is 18.7 Å². The Morgan fingerprint density at radius 1 is 1.94 bits per heavy atom. The number of cyclic esters (lactones) is 1. The Morgan fingerprint density at radius 2 is 2.75 bits per heavy atom. The minimum absolute atomic E-state index is 0.0478. The summed E-state index contributed by atoms with van der Waals surface area (Å²) >= 11 is 0. The Morgan fingerprint density at radius 3 is 3.44 bits per heavy atom. The van der Waals surface area contributed by atoms with Crippen molar-refractivity contribution in [2.45, 2.75) is 26.6 Å². The third-order valence-corrected chi connectivity index (χ3v) is 2.69. The number of imidazole rings is 1. The molecule has 0 N–H and O–H groups in total. The van der Waals surface area contributed by atoms with E-state index in [-0.39, 0.29) is 30.7 Å². The molecular weight excluding hydrogens is 204 g/mol. The first-order valence-corrected chi connectivity index (χ1v) is 5.02. The molecule has 1 saturated heterocycles. The fourth-order valence-electron chi connectivity index (χ4n) is 1.78. The molecule has 1 aliphatic rings. The molecule has 0 aliphatic carbocycles. The van der Waals surface area contributed by atoms with E-state index in [4.69, 9.17) is 14.3 Å². The molecule has 1 aromatic rings. The molecule has 2 atom stereocenters. The van der Waals surface area contributed by atoms with E-state index in [0.717, 1.165) is 11.5 Å². The Bertz CT molecular complexity index is 635. The van der Waals surface area contributed by atoms with Gasteiger partial charge in [0.25, 0.3) is 0 Å². The highest BCUT2D eigenvalue weighted by Crippen LogP contribution is 2.28. The largest absolute Gasteiger partial charge is 0.465 e. The predicted molar refractivity (Wildman–Crippen MR) is 59.9 cm³/mol. The normalized spacial score (nSPS) is 37.5. The average molecular weight is 229 g/mol. The van der Waals surface area contributed by atoms with Gasteiger partial charge in [0.2, 0.25) is 0 Å². The Labute approximate surface area is 105 Å². The van der Waals surface area contributed by atoms with Gasteiger partial charge in [-0.3, -0.25) is 4.79 Å². The van der Waals surface area contributed by atoms with Crippen LogP contribution < -0.4 is 0 Å². The summed E-state index contributed by atoms with van der Waals surface area (Å²) in [7, 11) is 0. The number of aromatic nitrogens is 2. The number of esters is 1. The highest BCUT2D eigenvalue weighted by Gasteiger charge is 2.35. The van der Waals surface area contributed by atoms with E-state index in [1.54, 1.807) is 0 Å². The summed E-state index contributed by atoms with van der Waals surface area (Å²) in [5.74, 6) is -3.91. The zero-order valence-electron chi connectivity index (χ0n) is 16.2. The van der Waals surface area contributed by atoms with Crippen molar-refractivity contribution in [3.63, 3.8) is 0 Å². The van der Waals surface area contributed by atoms with Crippen LogP contribution in [0.3, 0.4) is 0 Å². The molecule has 1 aliphatic heterocycles. The van der Waals surface area contributed by atoms with Gasteiger partial charge >= 0.3 is 5.97 Å². The van der Waals surface area contributed by atoms with Gasteiger partial charge in [-0.15, -0.1) is 0 Å². The van der Waals surface area contributed by atoms with E-state index in [9.17, 15) is 4.79 Å². The molecule has 4 nitrogen and oxygen atoms in total. The van der Waals surface area contributed by atoms with E-state index < -0.39 is 31.1 Å². The minimum Gasteiger partial charge on any atom is -0.465 e. The fourth-order valence-corrected chi connectivity index (χ4v) is 1.78. The maximum atomic E-state index is 11.9. The second-order valence-electron chi connectivity index (χ2n) is 3.72. The standard InChI is InChI=1S/C12H18N2O2/c1-4-11-9(7-16-12(11)15)5-10-6-13-8(2)14(10)3/h6,9,11H,4-5,7H2,1-3H3/t9-,11-/m0/s1/i3D3,4D2,6D,11D. The second kappa shape index (κ2) is 4.28. The second-order valence-corrected chi connectivity index (χ2v) is 3.72. The molecule has 0 unspecified atom stereocenters. The summed E-state index contributed by atoms with van der Waals surface area (Å²) in [5, 5.41) is 0. The monoisotopic (exact) mass is 229 g/mol. The number of carbonyl (C=O) groups is 1. The lowest BCUT2D eigenvalue weighted by Gasteiger charge is -2.13. The van der Waals surface area contributed by atoms with Crippen molar-refractivity contribution in [1.29, 1.82) is 0 Å². The van der Waals surface area contributed by atoms with Crippen LogP contribution >= 0.6 is 0 Å². The van der Waals surface area contributed by atoms with Crippen LogP contribution in [0.25, 0.3) is 0 Å². The van der Waals surface area contributed by atoms with Gasteiger partial charge in [0.05, 0.1) is 13.9 Å². The van der Waals surface area contributed by atoms with Gasteiger partial charge in [-0.1, -0.05) is 6.92 Å². The third kappa shape index (κ3) is 1.84. The van der Waals surface area contributed by atoms with Gasteiger partial charge in [0, 0.05) is 33.0 Å². The topological polar surface area (TPSA) is 44.1 Å². The first-order valence-electron chi connectivity index (χ1n) is 8.52. The van der Waals surface area contributed by atoms with Crippen molar-refractivity contribution in [2.75, 3.05) is 6.61 Å². The van der Waals surface area contributed by atoms with Crippen LogP contribution in [-0.4, -0.2) is 22.1 Å². The van der Waals surface area contributed by atoms with Crippen molar-refractivity contribution < 1.29 is 19.1 Å². The molecule has 0 spiro atoms. The zero-order chi connectivity index (χ0) is 17.8. The van der Waals surface area contributed by atoms with Crippen LogP contribution in [0.15, 0.2) is 6.17 Å². The van der Waals surface area contributed by atoms with Crippen LogP contribution in [0.5, 0.6) is 0 Å². The average Bonchev–Trinajstić information content (AvgIpc) is 2.80. The fraction of sp³-hybridized carbons (Fsp3) is 0.667. The lowest BCUT2D eigenvalue weighted by molar-refractivity contribution is -0.141. The molecule has 0 bridgehead atoms. The molecule has 0 amide bonds. The van der Waals surface area contributed by atoms with Gasteiger partial charge < -0.3 is 9.30 Å². The number of nitrogens with zero attached hydrogens (tertiary/aromatic N) is 2. The van der Waals surface area contributed by atoms with Crippen LogP contribution in [-0.2, 0) is 22.9 Å². The number of ether oxygens (including phenoxy) is 1. The molecule has 0 saturated carbocycles. The molecule has 2 rings (SSSR count). The number of hydrogen-bond donors (Lipinski definition) is 0. The van der Waals surface area contributed by atoms with E-state index in [1.807, 2.05) is 0 Å². The van der Waals surface area contributed by atoms with Crippen LogP contribution in [0.4, 0.5) is 0 Å². The van der Waals surface area contributed by atoms with Gasteiger partial charge in [0.15, 0.2) is 0 Å². The Balaban J connectivity index is 2.46. The molecule has 16 heavy (non-hydrogen) atoms. The highest BCUT2D eigenvalue weighted by atomic mass is 16.5. The SMILES string of the molecule is [2H]c1nc(C)n(C([2H])([2H])[2H])c1C[C@H]1COC(=O)[C@@]1([2H])C([2H])([2H])C. The molecule has 0 aromatic carbocycles. The van der Waals surface area contributed by atoms with E-state index in [1.165, 1.54) is 6.92 Å². The van der Waals surface area contributed by atoms with E-state index in [2.05, 4.69) is 4.98 Å². The zero-order valence-corrected chi connectivity index (χ0v) is 9.20. The molecule has 2 heterocycles. The maximum Gasteiger partial charge on any atom is 0.309 e. The number of carbonyl (C=O) groups excluding carboxylic acids is 1. The lowest BCUT2D eigenvalue weighted by atomic mass is 9.89. The predicted octanol–water partition coefficient (Wildman–Crippen LogP) is 1.47. The van der Waals surface area contributed by atoms with E-state index in [0.29, 0.717) is 0 Å². The summed E-state index contributed by atoms with van der Waals surface area (Å²) in [6.45, 7) is -0.170. The number of aryl methyl sites for hydroxylation is 1. The molecule has 88 valence electrons. The Hall–Kier alpha value is -1.32. The highest BCUT2D eigenvalue weighted by molar-refractivity contribution is 5.74. The van der Waals surface area contributed by atoms with Crippen molar-refractivity contribution in [3.05, 3.63) is 17.7 Å². The summed E-state index contributed by atoms with van der Waals surface area (Å²) < 4.78 is 60.1. The van der Waals surface area contributed by atoms with Crippen molar-refractivity contribution in [1.82, 2.24) is 9.55 Å². The van der Waals surface area contributed by atoms with Gasteiger partial charge in [-0.25, -0.2) is 4.98 Å². The smallest absolute Gasteiger partial charge is 0.309 e. The summed E-state index contributed by atoms with van der Waals surface area (Å²) in [6.07, 6.45) is -2.58. The van der Waals surface area contributed by atoms with Crippen molar-refractivity contribution in [3.8, 4) is 0 Å². The lowest BCUT2D eigenvalue weighted by Crippen LogP contribution is -2.18. The van der Waals surface area contributed by atoms with Crippen LogP contribution in [0.1, 0.15) is 34.4 Å². The van der Waals surface area contributed by atoms with E-state index >= 15 is 0 Å². The number of hydrogen-bond acceptors (Lipinski definition) is 3. The maximum absolute atomic E-state index is 11.9. The quantitative estimate of drug-likeness (QED) is 0.737. The van der Waals surface area contributed by atoms with Crippen LogP contribution in [0.2, 0.25) is 0 Å². The third-order valence-electron chi connectivity index (χ3n) is 2.69. The van der Waals surface area contributed by atoms with Gasteiger partial charge in [0.1, 0.15) is 5.82 Å². The molecule has 1 fully saturated rings. The minimum atomic E-state index is -2.55. The summed E-state index contributed by atoms with van der Waals surface area (Å²) in [4.78, 5) is 15.7. The molecule has 0 radical (unpaired) electrons. The molecule has 4 heteroatoms.